The topological polar surface area (TPSA) is 75.1 Å². The van der Waals surface area contributed by atoms with Gasteiger partial charge in [-0.3, -0.25) is 9.78 Å². The highest BCUT2D eigenvalue weighted by atomic mass is 35.5. The third kappa shape index (κ3) is 1.92. The molecule has 1 unspecified atom stereocenters. The van der Waals surface area contributed by atoms with E-state index in [1.807, 2.05) is 13.8 Å². The van der Waals surface area contributed by atoms with Crippen LogP contribution in [0.3, 0.4) is 0 Å². The van der Waals surface area contributed by atoms with Crippen molar-refractivity contribution in [3.05, 3.63) is 22.7 Å². The summed E-state index contributed by atoms with van der Waals surface area (Å²) in [7, 11) is 0. The summed E-state index contributed by atoms with van der Waals surface area (Å²) in [4.78, 5) is 21.1. The van der Waals surface area contributed by atoms with Gasteiger partial charge in [0.15, 0.2) is 0 Å². The summed E-state index contributed by atoms with van der Waals surface area (Å²) < 4.78 is 0. The minimum Gasteiger partial charge on any atom is -0.394 e. The van der Waals surface area contributed by atoms with Gasteiger partial charge in [-0.1, -0.05) is 25.4 Å². The van der Waals surface area contributed by atoms with Gasteiger partial charge in [-0.15, -0.1) is 0 Å². The van der Waals surface area contributed by atoms with Crippen LogP contribution in [0.5, 0.6) is 0 Å². The SMILES string of the molecule is CCC1(CC)C(=O)NC(C)(CO)c2ncc(Cl)nc21. The quantitative estimate of drug-likeness (QED) is 0.882. The van der Waals surface area contributed by atoms with E-state index < -0.39 is 11.0 Å². The van der Waals surface area contributed by atoms with Crippen LogP contribution in [0.15, 0.2) is 6.20 Å². The van der Waals surface area contributed by atoms with Crippen LogP contribution in [0.2, 0.25) is 5.15 Å². The molecule has 0 aliphatic carbocycles. The average Bonchev–Trinajstić information content (AvgIpc) is 2.40. The minimum atomic E-state index is -0.905. The minimum absolute atomic E-state index is 0.127. The Morgan fingerprint density at radius 2 is 2.00 bits per heavy atom. The Kier molecular flexibility index (Phi) is 3.53. The highest BCUT2D eigenvalue weighted by Crippen LogP contribution is 2.40. The number of carbonyl (C=O) groups excluding carboxylic acids is 1. The molecule has 6 heteroatoms. The maximum atomic E-state index is 12.5. The number of fused-ring (bicyclic) bond motifs is 1. The van der Waals surface area contributed by atoms with E-state index in [0.29, 0.717) is 24.2 Å². The van der Waals surface area contributed by atoms with Gasteiger partial charge in [0.25, 0.3) is 0 Å². The molecule has 0 bridgehead atoms. The monoisotopic (exact) mass is 283 g/mol. The Hall–Kier alpha value is -1.20. The molecular weight excluding hydrogens is 266 g/mol. The number of amides is 1. The Morgan fingerprint density at radius 1 is 1.37 bits per heavy atom. The predicted octanol–water partition coefficient (Wildman–Crippen LogP) is 1.53. The first-order valence-electron chi connectivity index (χ1n) is 6.40. The van der Waals surface area contributed by atoms with Crippen molar-refractivity contribution in [1.29, 1.82) is 0 Å². The van der Waals surface area contributed by atoms with E-state index in [9.17, 15) is 9.90 Å². The smallest absolute Gasteiger partial charge is 0.233 e. The first-order chi connectivity index (χ1) is 8.93. The van der Waals surface area contributed by atoms with E-state index in [-0.39, 0.29) is 17.7 Å². The van der Waals surface area contributed by atoms with Crippen molar-refractivity contribution >= 4 is 17.5 Å². The zero-order valence-corrected chi connectivity index (χ0v) is 12.1. The number of hydrogen-bond acceptors (Lipinski definition) is 4. The van der Waals surface area contributed by atoms with Crippen molar-refractivity contribution in [3.8, 4) is 0 Å². The van der Waals surface area contributed by atoms with Gasteiger partial charge < -0.3 is 10.4 Å². The standard InChI is InChI=1S/C13H18ClN3O2/c1-4-13(5-2)10-9(15-6-8(14)16-10)12(3,7-18)17-11(13)19/h6,18H,4-5,7H2,1-3H3,(H,17,19). The number of aliphatic hydroxyl groups excluding tert-OH is 1. The second-order valence-corrected chi connectivity index (χ2v) is 5.51. The molecule has 19 heavy (non-hydrogen) atoms. The van der Waals surface area contributed by atoms with Gasteiger partial charge in [0.05, 0.1) is 29.6 Å². The fourth-order valence-corrected chi connectivity index (χ4v) is 2.80. The molecule has 0 radical (unpaired) electrons. The van der Waals surface area contributed by atoms with Crippen LogP contribution >= 0.6 is 11.6 Å². The van der Waals surface area contributed by atoms with Gasteiger partial charge in [-0.05, 0) is 19.8 Å². The van der Waals surface area contributed by atoms with E-state index in [4.69, 9.17) is 11.6 Å². The zero-order valence-electron chi connectivity index (χ0n) is 11.3. The van der Waals surface area contributed by atoms with Gasteiger partial charge in [0.1, 0.15) is 10.7 Å². The van der Waals surface area contributed by atoms with Gasteiger partial charge in [0, 0.05) is 0 Å². The third-order valence-corrected chi connectivity index (χ3v) is 4.25. The van der Waals surface area contributed by atoms with Crippen molar-refractivity contribution in [2.45, 2.75) is 44.6 Å². The highest BCUT2D eigenvalue weighted by molar-refractivity contribution is 6.29. The summed E-state index contributed by atoms with van der Waals surface area (Å²) in [6.45, 7) is 5.39. The molecule has 1 aromatic rings. The summed E-state index contributed by atoms with van der Waals surface area (Å²) >= 11 is 5.93. The molecule has 0 fully saturated rings. The molecule has 2 rings (SSSR count). The molecular formula is C13H18ClN3O2. The number of nitrogens with one attached hydrogen (secondary N) is 1. The lowest BCUT2D eigenvalue weighted by molar-refractivity contribution is -0.131. The molecule has 2 N–H and O–H groups in total. The van der Waals surface area contributed by atoms with Crippen LogP contribution in [0.1, 0.15) is 45.0 Å². The summed E-state index contributed by atoms with van der Waals surface area (Å²) in [5, 5.41) is 12.7. The number of aromatic nitrogens is 2. The maximum absolute atomic E-state index is 12.5. The molecule has 104 valence electrons. The first kappa shape index (κ1) is 14.2. The van der Waals surface area contributed by atoms with Gasteiger partial charge in [-0.25, -0.2) is 4.98 Å². The van der Waals surface area contributed by atoms with Crippen LogP contribution in [0.4, 0.5) is 0 Å². The van der Waals surface area contributed by atoms with Gasteiger partial charge >= 0.3 is 0 Å². The molecule has 0 saturated carbocycles. The molecule has 2 heterocycles. The van der Waals surface area contributed by atoms with Crippen molar-refractivity contribution in [2.75, 3.05) is 6.61 Å². The summed E-state index contributed by atoms with van der Waals surface area (Å²) in [6, 6.07) is 0. The molecule has 1 aromatic heterocycles. The van der Waals surface area contributed by atoms with Gasteiger partial charge in [0.2, 0.25) is 5.91 Å². The third-order valence-electron chi connectivity index (χ3n) is 4.07. The van der Waals surface area contributed by atoms with Crippen LogP contribution in [0, 0.1) is 0 Å². The molecule has 1 amide bonds. The van der Waals surface area contributed by atoms with E-state index in [2.05, 4.69) is 15.3 Å². The van der Waals surface area contributed by atoms with Crippen molar-refractivity contribution < 1.29 is 9.90 Å². The van der Waals surface area contributed by atoms with Crippen LogP contribution in [-0.4, -0.2) is 27.6 Å². The normalized spacial score (nSPS) is 24.8. The Balaban J connectivity index is 2.74. The molecule has 0 spiro atoms. The number of carbonyl (C=O) groups is 1. The summed E-state index contributed by atoms with van der Waals surface area (Å²) in [6.07, 6.45) is 2.67. The molecule has 0 saturated heterocycles. The predicted molar refractivity (Wildman–Crippen MR) is 71.9 cm³/mol. The lowest BCUT2D eigenvalue weighted by Gasteiger charge is -2.43. The fourth-order valence-electron chi connectivity index (χ4n) is 2.66. The van der Waals surface area contributed by atoms with Gasteiger partial charge in [-0.2, -0.15) is 0 Å². The van der Waals surface area contributed by atoms with Crippen molar-refractivity contribution in [2.24, 2.45) is 0 Å². The number of rotatable bonds is 3. The van der Waals surface area contributed by atoms with E-state index >= 15 is 0 Å². The molecule has 1 aliphatic heterocycles. The molecule has 5 nitrogen and oxygen atoms in total. The Morgan fingerprint density at radius 3 is 2.53 bits per heavy atom. The zero-order chi connectivity index (χ0) is 14.3. The highest BCUT2D eigenvalue weighted by Gasteiger charge is 2.50. The molecule has 0 aromatic carbocycles. The van der Waals surface area contributed by atoms with E-state index in [1.165, 1.54) is 6.20 Å². The second kappa shape index (κ2) is 4.72. The second-order valence-electron chi connectivity index (χ2n) is 5.12. The van der Waals surface area contributed by atoms with Crippen LogP contribution < -0.4 is 5.32 Å². The Bertz CT molecular complexity index is 517. The average molecular weight is 284 g/mol. The lowest BCUT2D eigenvalue weighted by atomic mass is 9.71. The number of aliphatic hydroxyl groups is 1. The Labute approximate surface area is 117 Å². The first-order valence-corrected chi connectivity index (χ1v) is 6.78. The lowest BCUT2D eigenvalue weighted by Crippen LogP contribution is -2.60. The number of halogens is 1. The molecule has 1 aliphatic rings. The van der Waals surface area contributed by atoms with Crippen molar-refractivity contribution in [3.63, 3.8) is 0 Å². The molecule has 1 atom stereocenters. The largest absolute Gasteiger partial charge is 0.394 e. The number of hydrogen-bond donors (Lipinski definition) is 2. The van der Waals surface area contributed by atoms with Crippen LogP contribution in [0.25, 0.3) is 0 Å². The van der Waals surface area contributed by atoms with Crippen LogP contribution in [-0.2, 0) is 15.7 Å². The van der Waals surface area contributed by atoms with E-state index in [1.54, 1.807) is 6.92 Å². The summed E-state index contributed by atoms with van der Waals surface area (Å²) in [5.41, 5.74) is -0.437. The van der Waals surface area contributed by atoms with E-state index in [0.717, 1.165) is 0 Å². The fraction of sp³-hybridized carbons (Fsp3) is 0.615. The summed E-state index contributed by atoms with van der Waals surface area (Å²) in [5.74, 6) is -0.127. The van der Waals surface area contributed by atoms with Crippen molar-refractivity contribution in [1.82, 2.24) is 15.3 Å². The number of nitrogens with zero attached hydrogens (tertiary/aromatic N) is 2. The maximum Gasteiger partial charge on any atom is 0.233 e.